The van der Waals surface area contributed by atoms with Crippen molar-refractivity contribution in [3.8, 4) is 5.75 Å². The van der Waals surface area contributed by atoms with E-state index in [0.29, 0.717) is 32.2 Å². The molecule has 2 aromatic rings. The van der Waals surface area contributed by atoms with Gasteiger partial charge in [-0.25, -0.2) is 4.99 Å². The Morgan fingerprint density at radius 2 is 1.62 bits per heavy atom. The number of nitrogens with zero attached hydrogens (tertiary/aromatic N) is 1. The topological polar surface area (TPSA) is 180 Å². The summed E-state index contributed by atoms with van der Waals surface area (Å²) in [6.45, 7) is 4.10. The Morgan fingerprint density at radius 3 is 2.23 bits per heavy atom. The third kappa shape index (κ3) is 11.5. The van der Waals surface area contributed by atoms with Gasteiger partial charge in [0.2, 0.25) is 11.8 Å². The van der Waals surface area contributed by atoms with Crippen LogP contribution in [0.1, 0.15) is 60.8 Å². The van der Waals surface area contributed by atoms with Crippen LogP contribution in [-0.4, -0.2) is 52.6 Å². The number of carbonyl (C=O) groups is 3. The Bertz CT molecular complexity index is 1110. The number of hydrogen-bond acceptors (Lipinski definition) is 5. The van der Waals surface area contributed by atoms with Crippen LogP contribution in [-0.2, 0) is 27.2 Å². The minimum absolute atomic E-state index is 0.0562. The third-order valence-corrected chi connectivity index (χ3v) is 6.49. The number of phenolic OH excluding ortho intramolecular Hbond substituents is 1. The summed E-state index contributed by atoms with van der Waals surface area (Å²) < 4.78 is 0. The van der Waals surface area contributed by atoms with Gasteiger partial charge in [-0.05, 0) is 73.9 Å². The molecule has 0 saturated carbocycles. The molecule has 212 valence electrons. The summed E-state index contributed by atoms with van der Waals surface area (Å²) in [5, 5.41) is 24.5. The smallest absolute Gasteiger partial charge is 0.303 e. The van der Waals surface area contributed by atoms with Crippen LogP contribution in [0.25, 0.3) is 0 Å². The van der Waals surface area contributed by atoms with Gasteiger partial charge >= 0.3 is 5.97 Å². The highest BCUT2D eigenvalue weighted by Gasteiger charge is 2.26. The Hall–Kier alpha value is -4.08. The fourth-order valence-electron chi connectivity index (χ4n) is 4.47. The lowest BCUT2D eigenvalue weighted by Gasteiger charge is -2.22. The predicted octanol–water partition coefficient (Wildman–Crippen LogP) is 2.46. The van der Waals surface area contributed by atoms with Crippen molar-refractivity contribution in [2.75, 3.05) is 6.54 Å². The van der Waals surface area contributed by atoms with Crippen molar-refractivity contribution >= 4 is 23.7 Å². The number of guanidine groups is 1. The van der Waals surface area contributed by atoms with Gasteiger partial charge in [0.15, 0.2) is 5.96 Å². The molecule has 0 fully saturated rings. The van der Waals surface area contributed by atoms with Gasteiger partial charge in [-0.1, -0.05) is 43.2 Å². The summed E-state index contributed by atoms with van der Waals surface area (Å²) >= 11 is 0. The lowest BCUT2D eigenvalue weighted by molar-refractivity contribution is -0.137. The molecule has 0 unspecified atom stereocenters. The molecule has 0 aliphatic heterocycles. The summed E-state index contributed by atoms with van der Waals surface area (Å²) in [5.74, 6) is -1.79. The fourth-order valence-corrected chi connectivity index (χ4v) is 4.47. The Labute approximate surface area is 229 Å². The fraction of sp³-hybridized carbons (Fsp3) is 0.448. The van der Waals surface area contributed by atoms with Crippen LogP contribution >= 0.6 is 0 Å². The number of amides is 2. The van der Waals surface area contributed by atoms with Crippen molar-refractivity contribution < 1.29 is 24.6 Å². The molecule has 39 heavy (non-hydrogen) atoms. The van der Waals surface area contributed by atoms with Crippen LogP contribution in [0, 0.1) is 13.8 Å². The van der Waals surface area contributed by atoms with Gasteiger partial charge in [0.05, 0.1) is 0 Å². The highest BCUT2D eigenvalue weighted by Crippen LogP contribution is 2.23. The number of rotatable bonds is 16. The highest BCUT2D eigenvalue weighted by molar-refractivity contribution is 5.91. The Balaban J connectivity index is 2.09. The standard InChI is InChI=1S/C29H41N5O5/c1-19-16-22(35)17-20(2)23(19)18-25(34-29(30)31)28(39)33-24(13-7-4-8-14-26(36)37)27(38)32-15-9-12-21-10-5-3-6-11-21/h3,5-6,10-11,16-17,24-25,35H,4,7-9,12-15,18H2,1-2H3,(H,32,38)(H,33,39)(H,36,37)(H4,30,31,34)/t24-,25+/m1/s1. The summed E-state index contributed by atoms with van der Waals surface area (Å²) in [5.41, 5.74) is 14.8. The second-order valence-electron chi connectivity index (χ2n) is 9.77. The number of aliphatic carboxylic acids is 1. The number of nitrogens with one attached hydrogen (secondary N) is 2. The number of aromatic hydroxyl groups is 1. The van der Waals surface area contributed by atoms with E-state index in [0.717, 1.165) is 29.5 Å². The molecule has 0 spiro atoms. The maximum atomic E-state index is 13.3. The average Bonchev–Trinajstić information content (AvgIpc) is 2.87. The molecule has 2 amide bonds. The van der Waals surface area contributed by atoms with Gasteiger partial charge in [0.1, 0.15) is 17.8 Å². The zero-order valence-corrected chi connectivity index (χ0v) is 22.8. The van der Waals surface area contributed by atoms with Crippen LogP contribution in [0.2, 0.25) is 0 Å². The summed E-state index contributed by atoms with van der Waals surface area (Å²) in [4.78, 5) is 41.4. The SMILES string of the molecule is Cc1cc(O)cc(C)c1C[C@H](N=C(N)N)C(=O)N[C@H](CCCCCC(=O)O)C(=O)NCCCc1ccccc1. The number of phenols is 1. The molecule has 10 nitrogen and oxygen atoms in total. The van der Waals surface area contributed by atoms with Crippen molar-refractivity contribution in [1.82, 2.24) is 10.6 Å². The maximum Gasteiger partial charge on any atom is 0.303 e. The molecule has 0 saturated heterocycles. The lowest BCUT2D eigenvalue weighted by atomic mass is 9.95. The number of nitrogens with two attached hydrogens (primary N) is 2. The molecule has 0 aromatic heterocycles. The zero-order valence-electron chi connectivity index (χ0n) is 22.8. The number of aryl methyl sites for hydroxylation is 3. The van der Waals surface area contributed by atoms with Crippen LogP contribution < -0.4 is 22.1 Å². The Morgan fingerprint density at radius 1 is 0.949 bits per heavy atom. The van der Waals surface area contributed by atoms with Crippen molar-refractivity contribution in [3.63, 3.8) is 0 Å². The molecular weight excluding hydrogens is 498 g/mol. The summed E-state index contributed by atoms with van der Waals surface area (Å²) in [7, 11) is 0. The first-order valence-electron chi connectivity index (χ1n) is 13.3. The van der Waals surface area contributed by atoms with E-state index in [4.69, 9.17) is 16.6 Å². The quantitative estimate of drug-likeness (QED) is 0.108. The summed E-state index contributed by atoms with van der Waals surface area (Å²) in [6, 6.07) is 11.4. The van der Waals surface area contributed by atoms with Gasteiger partial charge < -0.3 is 32.3 Å². The molecule has 0 bridgehead atoms. The van der Waals surface area contributed by atoms with E-state index in [1.54, 1.807) is 12.1 Å². The molecule has 2 atom stereocenters. The number of carboxylic acids is 1. The van der Waals surface area contributed by atoms with Crippen molar-refractivity contribution in [2.45, 2.75) is 77.3 Å². The second-order valence-corrected chi connectivity index (χ2v) is 9.77. The van der Waals surface area contributed by atoms with Crippen molar-refractivity contribution in [3.05, 3.63) is 64.7 Å². The minimum atomic E-state index is -0.975. The molecule has 0 heterocycles. The van der Waals surface area contributed by atoms with E-state index in [9.17, 15) is 19.5 Å². The first-order chi connectivity index (χ1) is 18.6. The van der Waals surface area contributed by atoms with Crippen LogP contribution in [0.5, 0.6) is 5.75 Å². The second kappa shape index (κ2) is 16.0. The lowest BCUT2D eigenvalue weighted by Crippen LogP contribution is -2.50. The van der Waals surface area contributed by atoms with Crippen molar-refractivity contribution in [1.29, 1.82) is 0 Å². The number of benzene rings is 2. The molecule has 2 rings (SSSR count). The van der Waals surface area contributed by atoms with Gasteiger partial charge in [-0.15, -0.1) is 0 Å². The average molecular weight is 540 g/mol. The third-order valence-electron chi connectivity index (χ3n) is 6.49. The number of carboxylic acid groups (broad SMARTS) is 1. The maximum absolute atomic E-state index is 13.3. The van der Waals surface area contributed by atoms with Crippen LogP contribution in [0.15, 0.2) is 47.5 Å². The van der Waals surface area contributed by atoms with Crippen LogP contribution in [0.3, 0.4) is 0 Å². The van der Waals surface area contributed by atoms with E-state index in [2.05, 4.69) is 15.6 Å². The van der Waals surface area contributed by atoms with Gasteiger partial charge in [0, 0.05) is 19.4 Å². The monoisotopic (exact) mass is 539 g/mol. The number of aliphatic imine (C=N–C) groups is 1. The molecule has 2 aromatic carbocycles. The number of carbonyl (C=O) groups excluding carboxylic acids is 2. The first-order valence-corrected chi connectivity index (χ1v) is 13.3. The van der Waals surface area contributed by atoms with E-state index >= 15 is 0 Å². The van der Waals surface area contributed by atoms with Crippen LogP contribution in [0.4, 0.5) is 0 Å². The number of hydrogen-bond donors (Lipinski definition) is 6. The van der Waals surface area contributed by atoms with Gasteiger partial charge in [-0.2, -0.15) is 0 Å². The van der Waals surface area contributed by atoms with E-state index < -0.39 is 24.0 Å². The number of unbranched alkanes of at least 4 members (excludes halogenated alkanes) is 2. The normalized spacial score (nSPS) is 12.3. The molecule has 8 N–H and O–H groups in total. The Kier molecular flexibility index (Phi) is 12.8. The van der Waals surface area contributed by atoms with Gasteiger partial charge in [0.25, 0.3) is 0 Å². The first kappa shape index (κ1) is 31.1. The molecule has 0 aliphatic carbocycles. The largest absolute Gasteiger partial charge is 0.508 e. The zero-order chi connectivity index (χ0) is 28.8. The molecular formula is C29H41N5O5. The molecule has 0 radical (unpaired) electrons. The minimum Gasteiger partial charge on any atom is -0.508 e. The predicted molar refractivity (Wildman–Crippen MR) is 151 cm³/mol. The molecule has 0 aliphatic rings. The van der Waals surface area contributed by atoms with Crippen molar-refractivity contribution in [2.24, 2.45) is 16.5 Å². The van der Waals surface area contributed by atoms with E-state index in [-0.39, 0.29) is 30.5 Å². The van der Waals surface area contributed by atoms with E-state index in [1.807, 2.05) is 44.2 Å². The molecule has 10 heteroatoms. The van der Waals surface area contributed by atoms with Gasteiger partial charge in [-0.3, -0.25) is 14.4 Å². The highest BCUT2D eigenvalue weighted by atomic mass is 16.4. The summed E-state index contributed by atoms with van der Waals surface area (Å²) in [6.07, 6.45) is 3.82. The van der Waals surface area contributed by atoms with E-state index in [1.165, 1.54) is 5.56 Å².